The van der Waals surface area contributed by atoms with Crippen molar-refractivity contribution in [3.05, 3.63) is 87.9 Å². The second kappa shape index (κ2) is 8.92. The minimum absolute atomic E-state index is 0.0513. The average molecular weight is 366 g/mol. The number of thiazole rings is 1. The third-order valence-corrected chi connectivity index (χ3v) is 4.48. The summed E-state index contributed by atoms with van der Waals surface area (Å²) in [6.07, 6.45) is 0.762. The van der Waals surface area contributed by atoms with Gasteiger partial charge in [-0.25, -0.2) is 9.78 Å². The quantitative estimate of drug-likeness (QED) is 0.650. The molecular formula is C20H18N2O3S. The van der Waals surface area contributed by atoms with Gasteiger partial charge in [0.1, 0.15) is 17.3 Å². The third kappa shape index (κ3) is 5.00. The van der Waals surface area contributed by atoms with E-state index in [1.165, 1.54) is 16.9 Å². The molecule has 6 heteroatoms. The zero-order valence-electron chi connectivity index (χ0n) is 14.1. The highest BCUT2D eigenvalue weighted by molar-refractivity contribution is 7.09. The van der Waals surface area contributed by atoms with Gasteiger partial charge in [-0.1, -0.05) is 48.5 Å². The first kappa shape index (κ1) is 17.8. The van der Waals surface area contributed by atoms with E-state index < -0.39 is 5.97 Å². The van der Waals surface area contributed by atoms with Crippen LogP contribution >= 0.6 is 11.3 Å². The van der Waals surface area contributed by atoms with Crippen molar-refractivity contribution >= 4 is 23.2 Å². The Kier molecular flexibility index (Phi) is 6.11. The molecule has 0 saturated heterocycles. The molecule has 1 aromatic heterocycles. The average Bonchev–Trinajstić information content (AvgIpc) is 3.17. The number of nitrogens with one attached hydrogen (secondary N) is 1. The van der Waals surface area contributed by atoms with Gasteiger partial charge in [0.05, 0.1) is 5.56 Å². The fraction of sp³-hybridized carbons (Fsp3) is 0.150. The Labute approximate surface area is 155 Å². The highest BCUT2D eigenvalue weighted by Crippen LogP contribution is 2.12. The monoisotopic (exact) mass is 366 g/mol. The number of ether oxygens (including phenoxy) is 1. The summed E-state index contributed by atoms with van der Waals surface area (Å²) >= 11 is 1.30. The SMILES string of the molecule is O=C(OCc1nc(C(=O)NCCc2ccccc2)cs1)c1ccccc1. The molecule has 0 bridgehead atoms. The predicted molar refractivity (Wildman–Crippen MR) is 100 cm³/mol. The molecule has 0 spiro atoms. The van der Waals surface area contributed by atoms with Crippen LogP contribution in [0.5, 0.6) is 0 Å². The molecule has 0 radical (unpaired) electrons. The Morgan fingerprint density at radius 2 is 1.69 bits per heavy atom. The maximum Gasteiger partial charge on any atom is 0.338 e. The van der Waals surface area contributed by atoms with E-state index in [1.54, 1.807) is 29.6 Å². The van der Waals surface area contributed by atoms with Crippen LogP contribution in [-0.4, -0.2) is 23.4 Å². The summed E-state index contributed by atoms with van der Waals surface area (Å²) < 4.78 is 5.22. The van der Waals surface area contributed by atoms with Gasteiger partial charge in [-0.05, 0) is 24.1 Å². The molecule has 0 unspecified atom stereocenters. The van der Waals surface area contributed by atoms with Crippen LogP contribution < -0.4 is 5.32 Å². The van der Waals surface area contributed by atoms with Crippen LogP contribution in [-0.2, 0) is 17.8 Å². The van der Waals surface area contributed by atoms with Crippen molar-refractivity contribution in [2.24, 2.45) is 0 Å². The number of nitrogens with zero attached hydrogens (tertiary/aromatic N) is 1. The lowest BCUT2D eigenvalue weighted by Crippen LogP contribution is -2.26. The fourth-order valence-corrected chi connectivity index (χ4v) is 3.01. The maximum atomic E-state index is 12.1. The molecule has 0 aliphatic heterocycles. The predicted octanol–water partition coefficient (Wildman–Crippen LogP) is 3.47. The molecule has 5 nitrogen and oxygen atoms in total. The summed E-state index contributed by atoms with van der Waals surface area (Å²) in [5.41, 5.74) is 2.00. The minimum atomic E-state index is -0.408. The topological polar surface area (TPSA) is 68.3 Å². The van der Waals surface area contributed by atoms with Gasteiger partial charge in [0.2, 0.25) is 0 Å². The van der Waals surface area contributed by atoms with Gasteiger partial charge >= 0.3 is 5.97 Å². The van der Waals surface area contributed by atoms with Gasteiger partial charge in [-0.15, -0.1) is 11.3 Å². The van der Waals surface area contributed by atoms with Crippen LogP contribution in [0.4, 0.5) is 0 Å². The lowest BCUT2D eigenvalue weighted by Gasteiger charge is -2.03. The van der Waals surface area contributed by atoms with Crippen molar-refractivity contribution in [2.45, 2.75) is 13.0 Å². The van der Waals surface area contributed by atoms with E-state index in [9.17, 15) is 9.59 Å². The summed E-state index contributed by atoms with van der Waals surface area (Å²) in [4.78, 5) is 28.3. The van der Waals surface area contributed by atoms with Crippen LogP contribution in [0.3, 0.4) is 0 Å². The smallest absolute Gasteiger partial charge is 0.338 e. The Balaban J connectivity index is 1.46. The number of hydrogen-bond donors (Lipinski definition) is 1. The molecule has 2 aromatic carbocycles. The number of carbonyl (C=O) groups is 2. The first-order valence-corrected chi connectivity index (χ1v) is 9.09. The van der Waals surface area contributed by atoms with Crippen LogP contribution in [0.2, 0.25) is 0 Å². The van der Waals surface area contributed by atoms with Crippen LogP contribution in [0.15, 0.2) is 66.0 Å². The van der Waals surface area contributed by atoms with Crippen molar-refractivity contribution in [3.63, 3.8) is 0 Å². The van der Waals surface area contributed by atoms with E-state index in [4.69, 9.17) is 4.74 Å². The summed E-state index contributed by atoms with van der Waals surface area (Å²) in [6, 6.07) is 18.7. The summed E-state index contributed by atoms with van der Waals surface area (Å²) in [7, 11) is 0. The lowest BCUT2D eigenvalue weighted by atomic mass is 10.1. The van der Waals surface area contributed by atoms with Crippen molar-refractivity contribution in [1.29, 1.82) is 0 Å². The molecule has 0 fully saturated rings. The zero-order valence-corrected chi connectivity index (χ0v) is 14.9. The van der Waals surface area contributed by atoms with Gasteiger partial charge in [0.25, 0.3) is 5.91 Å². The Hall–Kier alpha value is -2.99. The number of aromatic nitrogens is 1. The number of amides is 1. The number of hydrogen-bond acceptors (Lipinski definition) is 5. The first-order chi connectivity index (χ1) is 12.7. The van der Waals surface area contributed by atoms with Crippen LogP contribution in [0, 0.1) is 0 Å². The van der Waals surface area contributed by atoms with Crippen molar-refractivity contribution in [1.82, 2.24) is 10.3 Å². The van der Waals surface area contributed by atoms with E-state index >= 15 is 0 Å². The number of esters is 1. The van der Waals surface area contributed by atoms with E-state index in [0.717, 1.165) is 6.42 Å². The molecule has 26 heavy (non-hydrogen) atoms. The van der Waals surface area contributed by atoms with Gasteiger partial charge < -0.3 is 10.1 Å². The number of benzene rings is 2. The van der Waals surface area contributed by atoms with E-state index in [2.05, 4.69) is 10.3 Å². The molecule has 1 heterocycles. The Morgan fingerprint density at radius 3 is 2.42 bits per heavy atom. The summed E-state index contributed by atoms with van der Waals surface area (Å²) in [5, 5.41) is 5.10. The number of rotatable bonds is 7. The highest BCUT2D eigenvalue weighted by atomic mass is 32.1. The van der Waals surface area contributed by atoms with E-state index in [1.807, 2.05) is 36.4 Å². The van der Waals surface area contributed by atoms with Gasteiger partial charge in [-0.2, -0.15) is 0 Å². The molecule has 132 valence electrons. The van der Waals surface area contributed by atoms with Crippen LogP contribution in [0.1, 0.15) is 31.4 Å². The fourth-order valence-electron chi connectivity index (χ4n) is 2.32. The molecular weight excluding hydrogens is 348 g/mol. The molecule has 3 rings (SSSR count). The largest absolute Gasteiger partial charge is 0.455 e. The standard InChI is InChI=1S/C20H18N2O3S/c23-19(21-12-11-15-7-3-1-4-8-15)17-14-26-18(22-17)13-25-20(24)16-9-5-2-6-10-16/h1-10,14H,11-13H2,(H,21,23). The van der Waals surface area contributed by atoms with Crippen molar-refractivity contribution in [3.8, 4) is 0 Å². The minimum Gasteiger partial charge on any atom is -0.455 e. The van der Waals surface area contributed by atoms with Gasteiger partial charge in [0.15, 0.2) is 0 Å². The molecule has 0 atom stereocenters. The zero-order chi connectivity index (χ0) is 18.2. The normalized spacial score (nSPS) is 10.3. The summed E-state index contributed by atoms with van der Waals surface area (Å²) in [5.74, 6) is -0.632. The van der Waals surface area contributed by atoms with E-state index in [0.29, 0.717) is 22.8 Å². The van der Waals surface area contributed by atoms with Crippen molar-refractivity contribution < 1.29 is 14.3 Å². The van der Waals surface area contributed by atoms with E-state index in [-0.39, 0.29) is 12.5 Å². The second-order valence-corrected chi connectivity index (χ2v) is 6.50. The maximum absolute atomic E-state index is 12.1. The van der Waals surface area contributed by atoms with Crippen molar-refractivity contribution in [2.75, 3.05) is 6.54 Å². The van der Waals surface area contributed by atoms with Gasteiger partial charge in [0, 0.05) is 11.9 Å². The molecule has 3 aromatic rings. The van der Waals surface area contributed by atoms with Crippen LogP contribution in [0.25, 0.3) is 0 Å². The Bertz CT molecular complexity index is 863. The first-order valence-electron chi connectivity index (χ1n) is 8.21. The highest BCUT2D eigenvalue weighted by Gasteiger charge is 2.12. The number of carbonyl (C=O) groups excluding carboxylic acids is 2. The molecule has 1 amide bonds. The van der Waals surface area contributed by atoms with Gasteiger partial charge in [-0.3, -0.25) is 4.79 Å². The molecule has 0 aliphatic carbocycles. The molecule has 0 aliphatic rings. The molecule has 0 saturated carbocycles. The second-order valence-electron chi connectivity index (χ2n) is 5.56. The Morgan fingerprint density at radius 1 is 1.00 bits per heavy atom. The lowest BCUT2D eigenvalue weighted by molar-refractivity contribution is 0.0472. The third-order valence-electron chi connectivity index (χ3n) is 3.66. The molecule has 1 N–H and O–H groups in total. The summed E-state index contributed by atoms with van der Waals surface area (Å²) in [6.45, 7) is 0.592.